The molecule has 0 aliphatic rings. The standard InChI is InChI=1S/C14H20N2O4S/c1-8(13(15)21)16(2)14(17)9-6-10(18-3)12(20-5)11(7-9)19-4/h6-8H,1-5H3,(H2,15,21). The number of carbonyl (C=O) groups is 1. The minimum absolute atomic E-state index is 0.241. The molecule has 2 N–H and O–H groups in total. The zero-order chi connectivity index (χ0) is 16.2. The third kappa shape index (κ3) is 3.55. The molecule has 0 fully saturated rings. The molecule has 0 spiro atoms. The number of hydrogen-bond acceptors (Lipinski definition) is 5. The lowest BCUT2D eigenvalue weighted by atomic mass is 10.1. The zero-order valence-electron chi connectivity index (χ0n) is 12.8. The van der Waals surface area contributed by atoms with Gasteiger partial charge in [0.15, 0.2) is 11.5 Å². The Kier molecular flexibility index (Phi) is 5.78. The highest BCUT2D eigenvalue weighted by Crippen LogP contribution is 2.38. The van der Waals surface area contributed by atoms with Crippen molar-refractivity contribution in [3.8, 4) is 17.2 Å². The van der Waals surface area contributed by atoms with Crippen molar-refractivity contribution in [3.63, 3.8) is 0 Å². The van der Waals surface area contributed by atoms with Gasteiger partial charge in [-0.1, -0.05) is 12.2 Å². The molecule has 0 aliphatic carbocycles. The Morgan fingerprint density at radius 3 is 2.00 bits per heavy atom. The van der Waals surface area contributed by atoms with Crippen LogP contribution in [0.25, 0.3) is 0 Å². The summed E-state index contributed by atoms with van der Waals surface area (Å²) in [6.45, 7) is 1.76. The number of likely N-dealkylation sites (N-methyl/N-ethyl adjacent to an activating group) is 1. The molecule has 0 bridgehead atoms. The lowest BCUT2D eigenvalue weighted by Gasteiger charge is -2.24. The van der Waals surface area contributed by atoms with Crippen LogP contribution in [-0.4, -0.2) is 50.2 Å². The van der Waals surface area contributed by atoms with Gasteiger partial charge in [0.2, 0.25) is 5.75 Å². The van der Waals surface area contributed by atoms with Gasteiger partial charge in [0, 0.05) is 12.6 Å². The summed E-state index contributed by atoms with van der Waals surface area (Å²) < 4.78 is 15.7. The largest absolute Gasteiger partial charge is 0.493 e. The van der Waals surface area contributed by atoms with Crippen molar-refractivity contribution < 1.29 is 19.0 Å². The third-order valence-electron chi connectivity index (χ3n) is 3.22. The lowest BCUT2D eigenvalue weighted by molar-refractivity contribution is 0.0778. The molecular weight excluding hydrogens is 292 g/mol. The van der Waals surface area contributed by atoms with Gasteiger partial charge >= 0.3 is 0 Å². The smallest absolute Gasteiger partial charge is 0.254 e. The van der Waals surface area contributed by atoms with Crippen molar-refractivity contribution in [2.45, 2.75) is 13.0 Å². The first-order chi connectivity index (χ1) is 9.87. The molecule has 116 valence electrons. The van der Waals surface area contributed by atoms with E-state index < -0.39 is 0 Å². The molecule has 0 radical (unpaired) electrons. The number of methoxy groups -OCH3 is 3. The van der Waals surface area contributed by atoms with Crippen LogP contribution in [0, 0.1) is 0 Å². The molecule has 21 heavy (non-hydrogen) atoms. The van der Waals surface area contributed by atoms with Crippen molar-refractivity contribution in [2.24, 2.45) is 5.73 Å². The number of nitrogens with two attached hydrogens (primary N) is 1. The molecule has 1 unspecified atom stereocenters. The number of hydrogen-bond donors (Lipinski definition) is 1. The Bertz CT molecular complexity index is 523. The summed E-state index contributed by atoms with van der Waals surface area (Å²) in [4.78, 5) is 14.2. The quantitative estimate of drug-likeness (QED) is 0.802. The maximum Gasteiger partial charge on any atom is 0.254 e. The van der Waals surface area contributed by atoms with Crippen LogP contribution in [0.3, 0.4) is 0 Å². The summed E-state index contributed by atoms with van der Waals surface area (Å²) in [5.74, 6) is 1.02. The first kappa shape index (κ1) is 17.0. The van der Waals surface area contributed by atoms with E-state index in [0.717, 1.165) is 0 Å². The highest BCUT2D eigenvalue weighted by atomic mass is 32.1. The van der Waals surface area contributed by atoms with Crippen LogP contribution in [0.15, 0.2) is 12.1 Å². The second-order valence-corrected chi connectivity index (χ2v) is 4.88. The van der Waals surface area contributed by atoms with E-state index in [9.17, 15) is 4.79 Å². The number of carbonyl (C=O) groups excluding carboxylic acids is 1. The van der Waals surface area contributed by atoms with Crippen molar-refractivity contribution in [1.29, 1.82) is 0 Å². The molecule has 6 nitrogen and oxygen atoms in total. The maximum absolute atomic E-state index is 12.5. The molecule has 0 saturated heterocycles. The molecule has 1 aromatic rings. The number of rotatable bonds is 6. The molecule has 7 heteroatoms. The summed E-state index contributed by atoms with van der Waals surface area (Å²) >= 11 is 4.91. The van der Waals surface area contributed by atoms with E-state index in [1.807, 2.05) is 0 Å². The maximum atomic E-state index is 12.5. The number of thiocarbonyl (C=S) groups is 1. The van der Waals surface area contributed by atoms with Crippen LogP contribution in [0.1, 0.15) is 17.3 Å². The molecule has 0 aromatic heterocycles. The van der Waals surface area contributed by atoms with E-state index in [-0.39, 0.29) is 16.9 Å². The van der Waals surface area contributed by atoms with E-state index in [2.05, 4.69) is 0 Å². The van der Waals surface area contributed by atoms with Crippen LogP contribution in [-0.2, 0) is 0 Å². The first-order valence-electron chi connectivity index (χ1n) is 6.23. The van der Waals surface area contributed by atoms with Gasteiger partial charge in [0.1, 0.15) is 0 Å². The second kappa shape index (κ2) is 7.12. The molecule has 0 aliphatic heterocycles. The Morgan fingerprint density at radius 2 is 1.67 bits per heavy atom. The fraction of sp³-hybridized carbons (Fsp3) is 0.429. The Balaban J connectivity index is 3.24. The molecule has 0 saturated carbocycles. The Labute approximate surface area is 129 Å². The summed E-state index contributed by atoms with van der Waals surface area (Å²) in [5.41, 5.74) is 5.98. The van der Waals surface area contributed by atoms with Gasteiger partial charge in [-0.15, -0.1) is 0 Å². The lowest BCUT2D eigenvalue weighted by Crippen LogP contribution is -2.42. The monoisotopic (exact) mass is 312 g/mol. The first-order valence-corrected chi connectivity index (χ1v) is 6.64. The van der Waals surface area contributed by atoms with Crippen molar-refractivity contribution in [3.05, 3.63) is 17.7 Å². The van der Waals surface area contributed by atoms with E-state index in [1.165, 1.54) is 26.2 Å². The summed E-state index contributed by atoms with van der Waals surface area (Å²) in [5, 5.41) is 0. The van der Waals surface area contributed by atoms with Crippen molar-refractivity contribution in [1.82, 2.24) is 4.90 Å². The number of amides is 1. The summed E-state index contributed by atoms with van der Waals surface area (Å²) in [6, 6.07) is 2.82. The molecule has 1 aromatic carbocycles. The van der Waals surface area contributed by atoms with E-state index in [1.54, 1.807) is 26.1 Å². The fourth-order valence-electron chi connectivity index (χ4n) is 1.77. The average Bonchev–Trinajstić information content (AvgIpc) is 2.50. The van der Waals surface area contributed by atoms with Gasteiger partial charge < -0.3 is 24.8 Å². The highest BCUT2D eigenvalue weighted by Gasteiger charge is 2.23. The van der Waals surface area contributed by atoms with Gasteiger partial charge in [-0.05, 0) is 19.1 Å². The van der Waals surface area contributed by atoms with E-state index >= 15 is 0 Å². The molecule has 1 amide bonds. The van der Waals surface area contributed by atoms with Gasteiger partial charge in [-0.25, -0.2) is 0 Å². The van der Waals surface area contributed by atoms with Crippen LogP contribution < -0.4 is 19.9 Å². The van der Waals surface area contributed by atoms with Crippen molar-refractivity contribution >= 4 is 23.1 Å². The van der Waals surface area contributed by atoms with Gasteiger partial charge in [-0.3, -0.25) is 4.79 Å². The van der Waals surface area contributed by atoms with Crippen LogP contribution in [0.4, 0.5) is 0 Å². The Morgan fingerprint density at radius 1 is 1.19 bits per heavy atom. The number of nitrogens with zero attached hydrogens (tertiary/aromatic N) is 1. The topological polar surface area (TPSA) is 74.0 Å². The minimum Gasteiger partial charge on any atom is -0.493 e. The van der Waals surface area contributed by atoms with Crippen LogP contribution in [0.5, 0.6) is 17.2 Å². The third-order valence-corrected chi connectivity index (χ3v) is 3.57. The molecular formula is C14H20N2O4S. The SMILES string of the molecule is COc1cc(C(=O)N(C)C(C)C(N)=S)cc(OC)c1OC. The zero-order valence-corrected chi connectivity index (χ0v) is 13.6. The highest BCUT2D eigenvalue weighted by molar-refractivity contribution is 7.80. The van der Waals surface area contributed by atoms with Gasteiger partial charge in [0.05, 0.1) is 32.4 Å². The number of ether oxygens (including phenoxy) is 3. The van der Waals surface area contributed by atoms with Crippen LogP contribution >= 0.6 is 12.2 Å². The average molecular weight is 312 g/mol. The van der Waals surface area contributed by atoms with Crippen LogP contribution in [0.2, 0.25) is 0 Å². The summed E-state index contributed by atoms with van der Waals surface area (Å²) in [6.07, 6.45) is 0. The van der Waals surface area contributed by atoms with E-state index in [0.29, 0.717) is 22.8 Å². The normalized spacial score (nSPS) is 11.5. The van der Waals surface area contributed by atoms with Crippen molar-refractivity contribution in [2.75, 3.05) is 28.4 Å². The molecule has 1 atom stereocenters. The predicted molar refractivity (Wildman–Crippen MR) is 84.4 cm³/mol. The second-order valence-electron chi connectivity index (χ2n) is 4.41. The van der Waals surface area contributed by atoms with Gasteiger partial charge in [0.25, 0.3) is 5.91 Å². The predicted octanol–water partition coefficient (Wildman–Crippen LogP) is 1.46. The van der Waals surface area contributed by atoms with Gasteiger partial charge in [-0.2, -0.15) is 0 Å². The van der Waals surface area contributed by atoms with E-state index in [4.69, 9.17) is 32.2 Å². The molecule has 1 rings (SSSR count). The molecule has 0 heterocycles. The fourth-order valence-corrected chi connectivity index (χ4v) is 1.93. The summed E-state index contributed by atoms with van der Waals surface area (Å²) in [7, 11) is 6.12. The number of benzene rings is 1. The Hall–Kier alpha value is -2.02. The minimum atomic E-state index is -0.355.